The molecule has 0 bridgehead atoms. The Balaban J connectivity index is 2.28. The summed E-state index contributed by atoms with van der Waals surface area (Å²) in [5.41, 5.74) is 4.73. The first-order valence-electron chi connectivity index (χ1n) is 7.57. The van der Waals surface area contributed by atoms with Gasteiger partial charge in [0.25, 0.3) is 0 Å². The zero-order valence-electron chi connectivity index (χ0n) is 12.6. The van der Waals surface area contributed by atoms with Gasteiger partial charge in [-0.3, -0.25) is 0 Å². The van der Waals surface area contributed by atoms with E-state index < -0.39 is 0 Å². The Hall–Kier alpha value is -2.28. The van der Waals surface area contributed by atoms with Crippen LogP contribution in [0.2, 0.25) is 0 Å². The van der Waals surface area contributed by atoms with E-state index in [1.165, 1.54) is 27.5 Å². The Labute approximate surface area is 125 Å². The van der Waals surface area contributed by atoms with E-state index in [9.17, 15) is 5.11 Å². The average Bonchev–Trinajstić information content (AvgIpc) is 2.54. The lowest BCUT2D eigenvalue weighted by Crippen LogP contribution is -1.95. The Morgan fingerprint density at radius 3 is 2.29 bits per heavy atom. The highest BCUT2D eigenvalue weighted by Gasteiger charge is 2.13. The molecule has 0 spiro atoms. The van der Waals surface area contributed by atoms with Gasteiger partial charge in [-0.1, -0.05) is 56.3 Å². The summed E-state index contributed by atoms with van der Waals surface area (Å²) in [5, 5.41) is 12.7. The van der Waals surface area contributed by atoms with E-state index >= 15 is 0 Å². The molecule has 1 nitrogen and oxygen atoms in total. The maximum atomic E-state index is 10.2. The van der Waals surface area contributed by atoms with E-state index in [-0.39, 0.29) is 0 Å². The molecule has 1 N–H and O–H groups in total. The molecule has 0 amide bonds. The molecule has 0 aliphatic heterocycles. The third kappa shape index (κ3) is 2.40. The van der Waals surface area contributed by atoms with Crippen molar-refractivity contribution >= 4 is 10.8 Å². The molecule has 21 heavy (non-hydrogen) atoms. The highest BCUT2D eigenvalue weighted by Crippen LogP contribution is 2.35. The van der Waals surface area contributed by atoms with Gasteiger partial charge in [-0.15, -0.1) is 0 Å². The molecule has 1 heteroatoms. The van der Waals surface area contributed by atoms with Crippen molar-refractivity contribution in [1.29, 1.82) is 0 Å². The Bertz CT molecular complexity index is 787. The van der Waals surface area contributed by atoms with E-state index in [0.29, 0.717) is 5.75 Å². The number of aryl methyl sites for hydroxylation is 1. The molecule has 0 saturated heterocycles. The van der Waals surface area contributed by atoms with Gasteiger partial charge in [-0.2, -0.15) is 0 Å². The molecule has 0 fully saturated rings. The van der Waals surface area contributed by atoms with Gasteiger partial charge in [0.2, 0.25) is 0 Å². The van der Waals surface area contributed by atoms with Crippen LogP contribution in [0, 0.1) is 0 Å². The van der Waals surface area contributed by atoms with Gasteiger partial charge in [0.15, 0.2) is 0 Å². The fourth-order valence-corrected chi connectivity index (χ4v) is 3.04. The minimum absolute atomic E-state index is 0.401. The first-order valence-corrected chi connectivity index (χ1v) is 7.57. The second-order valence-corrected chi connectivity index (χ2v) is 5.37. The SMILES string of the molecule is CCc1ccc(O)c(CC)c1-c1ccc2ccccc2c1. The van der Waals surface area contributed by atoms with Gasteiger partial charge >= 0.3 is 0 Å². The van der Waals surface area contributed by atoms with E-state index in [0.717, 1.165) is 18.4 Å². The molecule has 0 aliphatic rings. The molecule has 3 aromatic rings. The third-order valence-corrected chi connectivity index (χ3v) is 4.15. The number of hydrogen-bond donors (Lipinski definition) is 1. The lowest BCUT2D eigenvalue weighted by Gasteiger charge is -2.15. The van der Waals surface area contributed by atoms with Crippen molar-refractivity contribution < 1.29 is 5.11 Å². The average molecular weight is 276 g/mol. The second kappa shape index (κ2) is 5.61. The predicted octanol–water partition coefficient (Wildman–Crippen LogP) is 5.34. The highest BCUT2D eigenvalue weighted by molar-refractivity contribution is 5.88. The van der Waals surface area contributed by atoms with Crippen LogP contribution >= 0.6 is 0 Å². The standard InChI is InChI=1S/C20H20O/c1-3-14-11-12-19(21)18(4-2)20(14)17-10-9-15-7-5-6-8-16(15)13-17/h5-13,21H,3-4H2,1-2H3. The van der Waals surface area contributed by atoms with Gasteiger partial charge in [-0.25, -0.2) is 0 Å². The summed E-state index contributed by atoms with van der Waals surface area (Å²) in [5.74, 6) is 0.401. The van der Waals surface area contributed by atoms with Gasteiger partial charge < -0.3 is 5.11 Å². The fraction of sp³-hybridized carbons (Fsp3) is 0.200. The molecular formula is C20H20O. The van der Waals surface area contributed by atoms with Crippen molar-refractivity contribution in [1.82, 2.24) is 0 Å². The summed E-state index contributed by atoms with van der Waals surface area (Å²) in [6, 6.07) is 18.8. The smallest absolute Gasteiger partial charge is 0.119 e. The summed E-state index contributed by atoms with van der Waals surface area (Å²) >= 11 is 0. The maximum absolute atomic E-state index is 10.2. The van der Waals surface area contributed by atoms with Crippen molar-refractivity contribution in [2.24, 2.45) is 0 Å². The summed E-state index contributed by atoms with van der Waals surface area (Å²) in [7, 11) is 0. The van der Waals surface area contributed by atoms with Gasteiger partial charge in [-0.05, 0) is 52.4 Å². The van der Waals surface area contributed by atoms with E-state index in [1.807, 2.05) is 12.1 Å². The van der Waals surface area contributed by atoms with E-state index in [2.05, 4.69) is 56.3 Å². The number of rotatable bonds is 3. The second-order valence-electron chi connectivity index (χ2n) is 5.37. The minimum atomic E-state index is 0.401. The van der Waals surface area contributed by atoms with Crippen LogP contribution in [0.5, 0.6) is 5.75 Å². The zero-order valence-corrected chi connectivity index (χ0v) is 12.6. The Morgan fingerprint density at radius 1 is 0.810 bits per heavy atom. The molecule has 106 valence electrons. The Morgan fingerprint density at radius 2 is 1.57 bits per heavy atom. The van der Waals surface area contributed by atoms with Gasteiger partial charge in [0.05, 0.1) is 0 Å². The van der Waals surface area contributed by atoms with Crippen molar-refractivity contribution in [3.05, 3.63) is 65.7 Å². The van der Waals surface area contributed by atoms with Crippen molar-refractivity contribution in [2.75, 3.05) is 0 Å². The van der Waals surface area contributed by atoms with Crippen LogP contribution in [-0.4, -0.2) is 5.11 Å². The van der Waals surface area contributed by atoms with Crippen LogP contribution in [0.15, 0.2) is 54.6 Å². The lowest BCUT2D eigenvalue weighted by atomic mass is 9.90. The van der Waals surface area contributed by atoms with Gasteiger partial charge in [0.1, 0.15) is 5.75 Å². The van der Waals surface area contributed by atoms with Crippen LogP contribution in [0.25, 0.3) is 21.9 Å². The molecule has 0 radical (unpaired) electrons. The summed E-state index contributed by atoms with van der Waals surface area (Å²) in [4.78, 5) is 0. The molecule has 0 unspecified atom stereocenters. The number of hydrogen-bond acceptors (Lipinski definition) is 1. The first-order chi connectivity index (χ1) is 10.2. The minimum Gasteiger partial charge on any atom is -0.508 e. The van der Waals surface area contributed by atoms with Crippen LogP contribution < -0.4 is 0 Å². The molecule has 0 atom stereocenters. The van der Waals surface area contributed by atoms with E-state index in [1.54, 1.807) is 0 Å². The van der Waals surface area contributed by atoms with Crippen molar-refractivity contribution in [3.8, 4) is 16.9 Å². The van der Waals surface area contributed by atoms with Crippen LogP contribution in [0.1, 0.15) is 25.0 Å². The fourth-order valence-electron chi connectivity index (χ4n) is 3.04. The number of fused-ring (bicyclic) bond motifs is 1. The molecular weight excluding hydrogens is 256 g/mol. The number of phenols is 1. The molecule has 0 saturated carbocycles. The largest absolute Gasteiger partial charge is 0.508 e. The lowest BCUT2D eigenvalue weighted by molar-refractivity contribution is 0.469. The molecule has 0 aliphatic carbocycles. The predicted molar refractivity (Wildman–Crippen MR) is 89.8 cm³/mol. The maximum Gasteiger partial charge on any atom is 0.119 e. The van der Waals surface area contributed by atoms with Crippen LogP contribution in [0.3, 0.4) is 0 Å². The highest BCUT2D eigenvalue weighted by atomic mass is 16.3. The zero-order chi connectivity index (χ0) is 14.8. The normalized spacial score (nSPS) is 11.0. The number of benzene rings is 3. The summed E-state index contributed by atoms with van der Waals surface area (Å²) in [6.45, 7) is 4.26. The third-order valence-electron chi connectivity index (χ3n) is 4.15. The molecule has 0 aromatic heterocycles. The van der Waals surface area contributed by atoms with Crippen molar-refractivity contribution in [2.45, 2.75) is 26.7 Å². The van der Waals surface area contributed by atoms with E-state index in [4.69, 9.17) is 0 Å². The Kier molecular flexibility index (Phi) is 3.66. The molecule has 3 rings (SSSR count). The van der Waals surface area contributed by atoms with Crippen LogP contribution in [-0.2, 0) is 12.8 Å². The number of aromatic hydroxyl groups is 1. The van der Waals surface area contributed by atoms with Gasteiger partial charge in [0, 0.05) is 5.56 Å². The number of phenolic OH excluding ortho intramolecular Hbond substituents is 1. The summed E-state index contributed by atoms with van der Waals surface area (Å²) in [6.07, 6.45) is 1.80. The molecule has 0 heterocycles. The van der Waals surface area contributed by atoms with Crippen molar-refractivity contribution in [3.63, 3.8) is 0 Å². The summed E-state index contributed by atoms with van der Waals surface area (Å²) < 4.78 is 0. The monoisotopic (exact) mass is 276 g/mol. The van der Waals surface area contributed by atoms with Crippen LogP contribution in [0.4, 0.5) is 0 Å². The first kappa shape index (κ1) is 13.7. The quantitative estimate of drug-likeness (QED) is 0.685. The topological polar surface area (TPSA) is 20.2 Å². The molecule has 3 aromatic carbocycles.